The average Bonchev–Trinajstić information content (AvgIpc) is 2.40. The Morgan fingerprint density at radius 2 is 2.20 bits per heavy atom. The van der Waals surface area contributed by atoms with Gasteiger partial charge in [0.1, 0.15) is 11.7 Å². The van der Waals surface area contributed by atoms with Crippen molar-refractivity contribution < 1.29 is 19.4 Å². The van der Waals surface area contributed by atoms with Crippen LogP contribution in [0.25, 0.3) is 0 Å². The molecule has 0 bridgehead atoms. The summed E-state index contributed by atoms with van der Waals surface area (Å²) >= 11 is 0. The van der Waals surface area contributed by atoms with E-state index >= 15 is 0 Å². The maximum Gasteiger partial charge on any atom is 0.326 e. The lowest BCUT2D eigenvalue weighted by molar-refractivity contribution is -0.139. The quantitative estimate of drug-likeness (QED) is 0.646. The predicted molar refractivity (Wildman–Crippen MR) is 69.5 cm³/mol. The minimum atomic E-state index is -1.13. The molecule has 110 valence electrons. The molecule has 0 radical (unpaired) electrons. The molecule has 0 aliphatic rings. The van der Waals surface area contributed by atoms with Crippen LogP contribution in [0.15, 0.2) is 16.9 Å². The fourth-order valence-corrected chi connectivity index (χ4v) is 1.54. The molecule has 2 N–H and O–H groups in total. The number of methoxy groups -OCH3 is 1. The van der Waals surface area contributed by atoms with Gasteiger partial charge in [0.25, 0.3) is 11.5 Å². The molecule has 1 atom stereocenters. The minimum absolute atomic E-state index is 0.00917. The molecule has 20 heavy (non-hydrogen) atoms. The molecule has 0 aliphatic carbocycles. The first-order valence-corrected chi connectivity index (χ1v) is 6.02. The molecule has 1 unspecified atom stereocenters. The zero-order valence-electron chi connectivity index (χ0n) is 11.3. The second kappa shape index (κ2) is 7.39. The summed E-state index contributed by atoms with van der Waals surface area (Å²) in [7, 11) is 2.93. The van der Waals surface area contributed by atoms with Crippen LogP contribution in [0.2, 0.25) is 0 Å². The van der Waals surface area contributed by atoms with Gasteiger partial charge >= 0.3 is 5.97 Å². The summed E-state index contributed by atoms with van der Waals surface area (Å²) in [4.78, 5) is 34.1. The number of nitrogens with one attached hydrogen (secondary N) is 1. The summed E-state index contributed by atoms with van der Waals surface area (Å²) in [6.07, 6.45) is 0.759. The summed E-state index contributed by atoms with van der Waals surface area (Å²) in [6, 6.07) is 1.44. The number of aliphatic carboxylic acids is 1. The number of carboxylic acids is 1. The van der Waals surface area contributed by atoms with E-state index in [1.807, 2.05) is 0 Å². The van der Waals surface area contributed by atoms with E-state index in [0.717, 1.165) is 4.68 Å². The summed E-state index contributed by atoms with van der Waals surface area (Å²) in [6.45, 7) is 0.414. The van der Waals surface area contributed by atoms with Gasteiger partial charge in [-0.15, -0.1) is 0 Å². The van der Waals surface area contributed by atoms with Gasteiger partial charge in [-0.2, -0.15) is 5.10 Å². The number of nitrogens with zero attached hydrogens (tertiary/aromatic N) is 2. The van der Waals surface area contributed by atoms with Crippen molar-refractivity contribution in [2.45, 2.75) is 18.9 Å². The van der Waals surface area contributed by atoms with Crippen LogP contribution in [0.5, 0.6) is 0 Å². The number of carboxylic acid groups (broad SMARTS) is 1. The lowest BCUT2D eigenvalue weighted by Crippen LogP contribution is -2.41. The van der Waals surface area contributed by atoms with Gasteiger partial charge in [0.15, 0.2) is 0 Å². The van der Waals surface area contributed by atoms with Crippen molar-refractivity contribution in [3.8, 4) is 0 Å². The maximum absolute atomic E-state index is 11.9. The molecule has 8 nitrogen and oxygen atoms in total. The highest BCUT2D eigenvalue weighted by atomic mass is 16.5. The van der Waals surface area contributed by atoms with Crippen LogP contribution >= 0.6 is 0 Å². The molecular weight excluding hydrogens is 266 g/mol. The fraction of sp³-hybridized carbons (Fsp3) is 0.500. The molecule has 1 heterocycles. The second-order valence-electron chi connectivity index (χ2n) is 4.18. The highest BCUT2D eigenvalue weighted by Crippen LogP contribution is 2.00. The average molecular weight is 283 g/mol. The molecule has 0 saturated carbocycles. The van der Waals surface area contributed by atoms with Crippen molar-refractivity contribution >= 4 is 11.9 Å². The Kier molecular flexibility index (Phi) is 5.85. The molecule has 8 heteroatoms. The van der Waals surface area contributed by atoms with Crippen molar-refractivity contribution in [2.75, 3.05) is 13.7 Å². The molecule has 1 amide bonds. The van der Waals surface area contributed by atoms with Crippen LogP contribution in [0.1, 0.15) is 23.3 Å². The zero-order valence-corrected chi connectivity index (χ0v) is 11.3. The smallest absolute Gasteiger partial charge is 0.326 e. The number of rotatable bonds is 7. The van der Waals surface area contributed by atoms with Crippen molar-refractivity contribution in [3.63, 3.8) is 0 Å². The third-order valence-corrected chi connectivity index (χ3v) is 2.64. The monoisotopic (exact) mass is 283 g/mol. The van der Waals surface area contributed by atoms with E-state index in [4.69, 9.17) is 9.84 Å². The summed E-state index contributed by atoms with van der Waals surface area (Å²) in [5.41, 5.74) is -0.360. The number of carbonyl (C=O) groups excluding carboxylic acids is 1. The van der Waals surface area contributed by atoms with Crippen LogP contribution in [-0.4, -0.2) is 46.5 Å². The number of carbonyl (C=O) groups is 2. The normalized spacial score (nSPS) is 11.9. The largest absolute Gasteiger partial charge is 0.480 e. The first-order valence-electron chi connectivity index (χ1n) is 6.02. The van der Waals surface area contributed by atoms with Crippen molar-refractivity contribution in [3.05, 3.63) is 28.2 Å². The Bertz CT molecular complexity index is 540. The SMILES string of the molecule is COCCCC(NC(=O)c1ccc(=O)n(C)n1)C(=O)O. The Morgan fingerprint density at radius 3 is 2.75 bits per heavy atom. The number of aryl methyl sites for hydroxylation is 1. The second-order valence-corrected chi connectivity index (χ2v) is 4.18. The molecule has 0 aromatic carbocycles. The predicted octanol–water partition coefficient (Wildman–Crippen LogP) is -0.610. The van der Waals surface area contributed by atoms with Gasteiger partial charge in [-0.1, -0.05) is 0 Å². The standard InChI is InChI=1S/C12H17N3O5/c1-15-10(16)6-5-8(14-15)11(17)13-9(12(18)19)4-3-7-20-2/h5-6,9H,3-4,7H2,1-2H3,(H,13,17)(H,18,19). The van der Waals surface area contributed by atoms with Crippen molar-refractivity contribution in [2.24, 2.45) is 7.05 Å². The first kappa shape index (κ1) is 15.8. The molecule has 1 aromatic rings. The van der Waals surface area contributed by atoms with Crippen molar-refractivity contribution in [1.29, 1.82) is 0 Å². The molecule has 0 aliphatic heterocycles. The maximum atomic E-state index is 11.9. The van der Waals surface area contributed by atoms with Gasteiger partial charge in [-0.05, 0) is 18.9 Å². The Labute approximate surface area is 115 Å². The van der Waals surface area contributed by atoms with Gasteiger partial charge in [-0.3, -0.25) is 9.59 Å². The van der Waals surface area contributed by atoms with E-state index in [9.17, 15) is 14.4 Å². The summed E-state index contributed by atoms with van der Waals surface area (Å²) in [5, 5.41) is 15.2. The van der Waals surface area contributed by atoms with Crippen LogP contribution < -0.4 is 10.9 Å². The minimum Gasteiger partial charge on any atom is -0.480 e. The topological polar surface area (TPSA) is 111 Å². The third kappa shape index (κ3) is 4.47. The molecular formula is C12H17N3O5. The fourth-order valence-electron chi connectivity index (χ4n) is 1.54. The summed E-state index contributed by atoms with van der Waals surface area (Å²) < 4.78 is 5.84. The van der Waals surface area contributed by atoms with Gasteiger partial charge < -0.3 is 15.2 Å². The molecule has 0 spiro atoms. The number of ether oxygens (including phenoxy) is 1. The van der Waals surface area contributed by atoms with E-state index in [1.54, 1.807) is 0 Å². The Hall–Kier alpha value is -2.22. The van der Waals surface area contributed by atoms with E-state index < -0.39 is 17.9 Å². The van der Waals surface area contributed by atoms with Crippen LogP contribution in [0.3, 0.4) is 0 Å². The van der Waals surface area contributed by atoms with Crippen LogP contribution in [0.4, 0.5) is 0 Å². The molecule has 0 saturated heterocycles. The molecule has 1 aromatic heterocycles. The van der Waals surface area contributed by atoms with E-state index in [2.05, 4.69) is 10.4 Å². The van der Waals surface area contributed by atoms with Gasteiger partial charge in [-0.25, -0.2) is 9.48 Å². The van der Waals surface area contributed by atoms with Crippen molar-refractivity contribution in [1.82, 2.24) is 15.1 Å². The first-order chi connectivity index (χ1) is 9.45. The zero-order chi connectivity index (χ0) is 15.1. The van der Waals surface area contributed by atoms with E-state index in [0.29, 0.717) is 13.0 Å². The highest BCUT2D eigenvalue weighted by molar-refractivity contribution is 5.94. The van der Waals surface area contributed by atoms with Gasteiger partial charge in [0.2, 0.25) is 0 Å². The van der Waals surface area contributed by atoms with E-state index in [-0.39, 0.29) is 17.7 Å². The molecule has 1 rings (SSSR count). The van der Waals surface area contributed by atoms with Gasteiger partial charge in [0.05, 0.1) is 0 Å². The lowest BCUT2D eigenvalue weighted by atomic mass is 10.1. The van der Waals surface area contributed by atoms with Gasteiger partial charge in [0, 0.05) is 26.8 Å². The number of hydrogen-bond acceptors (Lipinski definition) is 5. The summed E-state index contributed by atoms with van der Waals surface area (Å²) in [5.74, 6) is -1.76. The lowest BCUT2D eigenvalue weighted by Gasteiger charge is -2.14. The number of hydrogen-bond donors (Lipinski definition) is 2. The number of amides is 1. The molecule has 0 fully saturated rings. The number of aromatic nitrogens is 2. The third-order valence-electron chi connectivity index (χ3n) is 2.64. The highest BCUT2D eigenvalue weighted by Gasteiger charge is 2.21. The van der Waals surface area contributed by atoms with Crippen LogP contribution in [0, 0.1) is 0 Å². The van der Waals surface area contributed by atoms with E-state index in [1.165, 1.54) is 26.3 Å². The Balaban J connectivity index is 2.72. The Morgan fingerprint density at radius 1 is 1.50 bits per heavy atom. The van der Waals surface area contributed by atoms with Crippen LogP contribution in [-0.2, 0) is 16.6 Å².